The molecule has 0 aromatic rings. The minimum absolute atomic E-state index is 0.234. The Morgan fingerprint density at radius 1 is 0.538 bits per heavy atom. The highest BCUT2D eigenvalue weighted by Gasteiger charge is 2.11. The first-order chi connectivity index (χ1) is 12.8. The number of hydrogen-bond donors (Lipinski definition) is 0. The second-order valence-corrected chi connectivity index (χ2v) is 6.80. The standard InChI is InChI=1S/C22H44O4/c1-5-9-10-11-12-13-14-15-19-23-20-26-22(25-18-8-4)21(16-6-2)24-17-7-3/h5-20H2,1-4H3. The molecular formula is C22H44O4. The summed E-state index contributed by atoms with van der Waals surface area (Å²) in [7, 11) is 0. The van der Waals surface area contributed by atoms with Crippen molar-refractivity contribution in [2.24, 2.45) is 0 Å². The van der Waals surface area contributed by atoms with Gasteiger partial charge in [-0.15, -0.1) is 0 Å². The lowest BCUT2D eigenvalue weighted by Crippen LogP contribution is -2.10. The van der Waals surface area contributed by atoms with Crippen LogP contribution in [0.3, 0.4) is 0 Å². The number of allylic oxidation sites excluding steroid dienone is 1. The van der Waals surface area contributed by atoms with Gasteiger partial charge in [0.25, 0.3) is 0 Å². The van der Waals surface area contributed by atoms with E-state index in [1.54, 1.807) is 0 Å². The van der Waals surface area contributed by atoms with Crippen molar-refractivity contribution in [2.45, 2.75) is 105 Å². The van der Waals surface area contributed by atoms with Crippen LogP contribution >= 0.6 is 0 Å². The molecule has 156 valence electrons. The maximum absolute atomic E-state index is 5.82. The molecule has 26 heavy (non-hydrogen) atoms. The van der Waals surface area contributed by atoms with Gasteiger partial charge < -0.3 is 18.9 Å². The van der Waals surface area contributed by atoms with Crippen LogP contribution in [0, 0.1) is 0 Å². The molecule has 0 bridgehead atoms. The molecule has 0 unspecified atom stereocenters. The second-order valence-electron chi connectivity index (χ2n) is 6.80. The molecule has 0 amide bonds. The predicted molar refractivity (Wildman–Crippen MR) is 109 cm³/mol. The molecule has 0 N–H and O–H groups in total. The van der Waals surface area contributed by atoms with E-state index in [-0.39, 0.29) is 6.79 Å². The van der Waals surface area contributed by atoms with E-state index in [9.17, 15) is 0 Å². The predicted octanol–water partition coefficient (Wildman–Crippen LogP) is 6.94. The molecule has 0 heterocycles. The van der Waals surface area contributed by atoms with Crippen molar-refractivity contribution >= 4 is 0 Å². The van der Waals surface area contributed by atoms with Crippen LogP contribution in [0.4, 0.5) is 0 Å². The number of hydrogen-bond acceptors (Lipinski definition) is 4. The normalized spacial score (nSPS) is 12.0. The van der Waals surface area contributed by atoms with Crippen molar-refractivity contribution in [3.8, 4) is 0 Å². The average molecular weight is 373 g/mol. The lowest BCUT2D eigenvalue weighted by Gasteiger charge is -2.17. The molecule has 0 fully saturated rings. The van der Waals surface area contributed by atoms with Crippen LogP contribution in [0.25, 0.3) is 0 Å². The van der Waals surface area contributed by atoms with E-state index in [1.165, 1.54) is 44.9 Å². The third-order valence-electron chi connectivity index (χ3n) is 4.04. The van der Waals surface area contributed by atoms with Crippen molar-refractivity contribution in [3.05, 3.63) is 11.7 Å². The molecule has 0 aromatic carbocycles. The Balaban J connectivity index is 3.98. The summed E-state index contributed by atoms with van der Waals surface area (Å²) in [6.07, 6.45) is 14.2. The molecular weight excluding hydrogens is 328 g/mol. The first kappa shape index (κ1) is 25.1. The van der Waals surface area contributed by atoms with Gasteiger partial charge in [-0.1, -0.05) is 72.6 Å². The first-order valence-corrected chi connectivity index (χ1v) is 11.0. The molecule has 0 atom stereocenters. The zero-order valence-corrected chi connectivity index (χ0v) is 17.9. The zero-order valence-electron chi connectivity index (χ0n) is 17.9. The van der Waals surface area contributed by atoms with Gasteiger partial charge in [-0.2, -0.15) is 0 Å². The topological polar surface area (TPSA) is 36.9 Å². The van der Waals surface area contributed by atoms with Crippen molar-refractivity contribution in [3.63, 3.8) is 0 Å². The summed E-state index contributed by atoms with van der Waals surface area (Å²) >= 11 is 0. The first-order valence-electron chi connectivity index (χ1n) is 11.0. The zero-order chi connectivity index (χ0) is 19.3. The lowest BCUT2D eigenvalue weighted by atomic mass is 10.1. The Morgan fingerprint density at radius 2 is 1.15 bits per heavy atom. The van der Waals surface area contributed by atoms with Crippen molar-refractivity contribution < 1.29 is 18.9 Å². The van der Waals surface area contributed by atoms with E-state index in [4.69, 9.17) is 18.9 Å². The van der Waals surface area contributed by atoms with Gasteiger partial charge in [0.15, 0.2) is 12.6 Å². The van der Waals surface area contributed by atoms with Crippen LogP contribution in [-0.2, 0) is 18.9 Å². The molecule has 0 aliphatic carbocycles. The summed E-state index contributed by atoms with van der Waals surface area (Å²) in [4.78, 5) is 0. The molecule has 0 saturated carbocycles. The average Bonchev–Trinajstić information content (AvgIpc) is 2.65. The quantitative estimate of drug-likeness (QED) is 0.132. The van der Waals surface area contributed by atoms with Crippen molar-refractivity contribution in [1.82, 2.24) is 0 Å². The van der Waals surface area contributed by atoms with E-state index in [0.29, 0.717) is 19.2 Å². The highest BCUT2D eigenvalue weighted by atomic mass is 16.7. The van der Waals surface area contributed by atoms with Crippen LogP contribution in [0.2, 0.25) is 0 Å². The number of rotatable bonds is 20. The lowest BCUT2D eigenvalue weighted by molar-refractivity contribution is -0.0840. The summed E-state index contributed by atoms with van der Waals surface area (Å²) in [5.41, 5.74) is 0. The van der Waals surface area contributed by atoms with Gasteiger partial charge in [0.05, 0.1) is 19.8 Å². The minimum Gasteiger partial charge on any atom is -0.491 e. The van der Waals surface area contributed by atoms with Gasteiger partial charge >= 0.3 is 5.95 Å². The van der Waals surface area contributed by atoms with Crippen LogP contribution in [-0.4, -0.2) is 26.6 Å². The fourth-order valence-electron chi connectivity index (χ4n) is 2.58. The summed E-state index contributed by atoms with van der Waals surface area (Å²) in [5, 5.41) is 0. The van der Waals surface area contributed by atoms with Crippen molar-refractivity contribution in [2.75, 3.05) is 26.6 Å². The van der Waals surface area contributed by atoms with E-state index in [2.05, 4.69) is 27.7 Å². The Kier molecular flexibility index (Phi) is 19.7. The van der Waals surface area contributed by atoms with Crippen LogP contribution in [0.1, 0.15) is 105 Å². The molecule has 0 spiro atoms. The highest BCUT2D eigenvalue weighted by Crippen LogP contribution is 2.17. The highest BCUT2D eigenvalue weighted by molar-refractivity contribution is 4.95. The molecule has 0 radical (unpaired) electrons. The maximum atomic E-state index is 5.82. The SMILES string of the molecule is CCCCCCCCCCOCOC(OCCC)=C(CCC)OCCC. The Labute approximate surface area is 162 Å². The summed E-state index contributed by atoms with van der Waals surface area (Å²) in [6, 6.07) is 0. The Hall–Kier alpha value is -0.900. The smallest absolute Gasteiger partial charge is 0.321 e. The van der Waals surface area contributed by atoms with Gasteiger partial charge in [-0.05, 0) is 25.7 Å². The summed E-state index contributed by atoms with van der Waals surface area (Å²) < 4.78 is 22.9. The Bertz CT molecular complexity index is 315. The Morgan fingerprint density at radius 3 is 1.77 bits per heavy atom. The van der Waals surface area contributed by atoms with E-state index >= 15 is 0 Å². The van der Waals surface area contributed by atoms with E-state index in [1.807, 2.05) is 0 Å². The number of ether oxygens (including phenoxy) is 4. The molecule has 0 aromatic heterocycles. The minimum atomic E-state index is 0.234. The third kappa shape index (κ3) is 15.4. The molecule has 4 heteroatoms. The van der Waals surface area contributed by atoms with Gasteiger partial charge in [0.2, 0.25) is 0 Å². The fourth-order valence-corrected chi connectivity index (χ4v) is 2.58. The molecule has 0 saturated heterocycles. The molecule has 0 aliphatic rings. The van der Waals surface area contributed by atoms with Crippen molar-refractivity contribution in [1.29, 1.82) is 0 Å². The van der Waals surface area contributed by atoms with Gasteiger partial charge in [0.1, 0.15) is 0 Å². The second kappa shape index (κ2) is 20.4. The van der Waals surface area contributed by atoms with Gasteiger partial charge in [-0.3, -0.25) is 0 Å². The molecule has 0 rings (SSSR count). The molecule has 4 nitrogen and oxygen atoms in total. The third-order valence-corrected chi connectivity index (χ3v) is 4.04. The summed E-state index contributed by atoms with van der Waals surface area (Å²) in [6.45, 7) is 10.9. The number of unbranched alkanes of at least 4 members (excludes halogenated alkanes) is 7. The monoisotopic (exact) mass is 372 g/mol. The van der Waals surface area contributed by atoms with Gasteiger partial charge in [0, 0.05) is 6.42 Å². The van der Waals surface area contributed by atoms with Crippen LogP contribution in [0.15, 0.2) is 11.7 Å². The summed E-state index contributed by atoms with van der Waals surface area (Å²) in [5.74, 6) is 1.33. The van der Waals surface area contributed by atoms with Crippen LogP contribution in [0.5, 0.6) is 0 Å². The van der Waals surface area contributed by atoms with Gasteiger partial charge in [-0.25, -0.2) is 0 Å². The van der Waals surface area contributed by atoms with E-state index in [0.717, 1.165) is 44.5 Å². The largest absolute Gasteiger partial charge is 0.491 e. The van der Waals surface area contributed by atoms with E-state index < -0.39 is 0 Å². The molecule has 0 aliphatic heterocycles. The maximum Gasteiger partial charge on any atom is 0.321 e. The van der Waals surface area contributed by atoms with Crippen LogP contribution < -0.4 is 0 Å². The fraction of sp³-hybridized carbons (Fsp3) is 0.909.